The molecule has 1 aromatic carbocycles. The van der Waals surface area contributed by atoms with Crippen LogP contribution < -0.4 is 10.6 Å². The van der Waals surface area contributed by atoms with Gasteiger partial charge in [-0.05, 0) is 55.7 Å². The summed E-state index contributed by atoms with van der Waals surface area (Å²) in [5.41, 5.74) is 0.758. The number of benzene rings is 1. The predicted molar refractivity (Wildman–Crippen MR) is 77.3 cm³/mol. The molecule has 3 nitrogen and oxygen atoms in total. The summed E-state index contributed by atoms with van der Waals surface area (Å²) in [5, 5.41) is 6.94. The summed E-state index contributed by atoms with van der Waals surface area (Å²) in [6.45, 7) is 0.393. The van der Waals surface area contributed by atoms with E-state index in [0.717, 1.165) is 17.5 Å². The van der Waals surface area contributed by atoms with E-state index in [4.69, 9.17) is 11.6 Å². The van der Waals surface area contributed by atoms with Gasteiger partial charge in [0.05, 0.1) is 6.54 Å². The number of hydrogen-bond donors (Lipinski definition) is 2. The highest BCUT2D eigenvalue weighted by molar-refractivity contribution is 6.30. The van der Waals surface area contributed by atoms with Crippen molar-refractivity contribution in [2.24, 2.45) is 11.8 Å². The molecule has 0 unspecified atom stereocenters. The molecule has 1 amide bonds. The van der Waals surface area contributed by atoms with Gasteiger partial charge in [-0.2, -0.15) is 0 Å². The number of carbonyl (C=O) groups excluding carboxylic acids is 1. The highest BCUT2D eigenvalue weighted by Crippen LogP contribution is 2.44. The fraction of sp³-hybridized carbons (Fsp3) is 0.533. The van der Waals surface area contributed by atoms with Gasteiger partial charge in [-0.15, -0.1) is 0 Å². The highest BCUT2D eigenvalue weighted by Gasteiger charge is 2.41. The molecular formula is C15H19ClN2O. The quantitative estimate of drug-likeness (QED) is 0.840. The lowest BCUT2D eigenvalue weighted by molar-refractivity contribution is -0.115. The number of hydrogen-bond acceptors (Lipinski definition) is 2. The lowest BCUT2D eigenvalue weighted by atomic mass is 10.1. The topological polar surface area (TPSA) is 41.1 Å². The maximum atomic E-state index is 11.9. The number of nitrogens with one attached hydrogen (secondary N) is 2. The Balaban J connectivity index is 1.48. The molecule has 0 aromatic heterocycles. The Kier molecular flexibility index (Phi) is 3.76. The van der Waals surface area contributed by atoms with Gasteiger partial charge in [-0.25, -0.2) is 0 Å². The molecule has 2 saturated carbocycles. The summed E-state index contributed by atoms with van der Waals surface area (Å²) in [6.07, 6.45) is 5.29. The second kappa shape index (κ2) is 5.51. The van der Waals surface area contributed by atoms with Crippen molar-refractivity contribution in [3.05, 3.63) is 29.3 Å². The number of halogens is 1. The van der Waals surface area contributed by atoms with E-state index in [2.05, 4.69) is 10.6 Å². The smallest absolute Gasteiger partial charge is 0.238 e. The zero-order chi connectivity index (χ0) is 13.2. The first-order valence-corrected chi connectivity index (χ1v) is 7.39. The number of rotatable bonds is 6. The van der Waals surface area contributed by atoms with Crippen molar-refractivity contribution in [1.82, 2.24) is 5.32 Å². The Morgan fingerprint density at radius 3 is 2.53 bits per heavy atom. The van der Waals surface area contributed by atoms with Crippen LogP contribution in [-0.4, -0.2) is 18.5 Å². The van der Waals surface area contributed by atoms with Crippen LogP contribution in [0.25, 0.3) is 0 Å². The molecule has 2 aliphatic rings. The van der Waals surface area contributed by atoms with Crippen molar-refractivity contribution in [2.75, 3.05) is 11.9 Å². The van der Waals surface area contributed by atoms with Gasteiger partial charge in [-0.1, -0.05) is 17.7 Å². The van der Waals surface area contributed by atoms with Crippen LogP contribution in [0.1, 0.15) is 25.7 Å². The molecule has 2 N–H and O–H groups in total. The van der Waals surface area contributed by atoms with Crippen LogP contribution in [0.5, 0.6) is 0 Å². The van der Waals surface area contributed by atoms with Gasteiger partial charge in [-0.3, -0.25) is 4.79 Å². The first-order chi connectivity index (χ1) is 9.22. The maximum absolute atomic E-state index is 11.9. The van der Waals surface area contributed by atoms with Crippen molar-refractivity contribution in [1.29, 1.82) is 0 Å². The van der Waals surface area contributed by atoms with Crippen LogP contribution in [0.2, 0.25) is 5.02 Å². The van der Waals surface area contributed by atoms with E-state index in [9.17, 15) is 4.79 Å². The zero-order valence-corrected chi connectivity index (χ0v) is 11.6. The summed E-state index contributed by atoms with van der Waals surface area (Å²) in [5.74, 6) is 1.63. The van der Waals surface area contributed by atoms with E-state index >= 15 is 0 Å². The fourth-order valence-corrected chi connectivity index (χ4v) is 2.80. The molecule has 0 heterocycles. The molecule has 0 saturated heterocycles. The van der Waals surface area contributed by atoms with Crippen LogP contribution in [0.4, 0.5) is 5.69 Å². The molecule has 0 atom stereocenters. The molecule has 2 aliphatic carbocycles. The Bertz CT molecular complexity index is 457. The van der Waals surface area contributed by atoms with Crippen LogP contribution in [-0.2, 0) is 4.79 Å². The molecule has 4 heteroatoms. The molecule has 0 spiro atoms. The van der Waals surface area contributed by atoms with Gasteiger partial charge in [0.1, 0.15) is 0 Å². The van der Waals surface area contributed by atoms with E-state index in [-0.39, 0.29) is 5.91 Å². The number of anilines is 1. The fourth-order valence-electron chi connectivity index (χ4n) is 2.61. The molecule has 2 fully saturated rings. The second-order valence-corrected chi connectivity index (χ2v) is 6.08. The van der Waals surface area contributed by atoms with E-state index in [1.54, 1.807) is 12.1 Å². The minimum absolute atomic E-state index is 0.00793. The van der Waals surface area contributed by atoms with Crippen molar-refractivity contribution < 1.29 is 4.79 Å². The average Bonchev–Trinajstić information content (AvgIpc) is 3.24. The number of amides is 1. The largest absolute Gasteiger partial charge is 0.325 e. The number of carbonyl (C=O) groups is 1. The summed E-state index contributed by atoms with van der Waals surface area (Å²) in [4.78, 5) is 11.9. The van der Waals surface area contributed by atoms with Gasteiger partial charge in [0.15, 0.2) is 0 Å². The Morgan fingerprint density at radius 2 is 1.95 bits per heavy atom. The molecular weight excluding hydrogens is 260 g/mol. The summed E-state index contributed by atoms with van der Waals surface area (Å²) in [6, 6.07) is 7.81. The Labute approximate surface area is 118 Å². The van der Waals surface area contributed by atoms with Crippen LogP contribution in [0.3, 0.4) is 0 Å². The van der Waals surface area contributed by atoms with E-state index < -0.39 is 0 Å². The summed E-state index contributed by atoms with van der Waals surface area (Å²) in [7, 11) is 0. The maximum Gasteiger partial charge on any atom is 0.238 e. The molecule has 19 heavy (non-hydrogen) atoms. The zero-order valence-electron chi connectivity index (χ0n) is 10.9. The molecule has 102 valence electrons. The van der Waals surface area contributed by atoms with Crippen molar-refractivity contribution in [3.63, 3.8) is 0 Å². The van der Waals surface area contributed by atoms with Crippen LogP contribution in [0.15, 0.2) is 24.3 Å². The Hall–Kier alpha value is -1.06. The Morgan fingerprint density at radius 1 is 1.26 bits per heavy atom. The third-order valence-electron chi connectivity index (χ3n) is 3.87. The monoisotopic (exact) mass is 278 g/mol. The van der Waals surface area contributed by atoms with Gasteiger partial charge in [0.25, 0.3) is 0 Å². The van der Waals surface area contributed by atoms with E-state index in [1.165, 1.54) is 25.7 Å². The summed E-state index contributed by atoms with van der Waals surface area (Å²) < 4.78 is 0. The van der Waals surface area contributed by atoms with Gasteiger partial charge in [0.2, 0.25) is 5.91 Å². The molecule has 3 rings (SSSR count). The lowest BCUT2D eigenvalue weighted by Gasteiger charge is -2.17. The van der Waals surface area contributed by atoms with Gasteiger partial charge >= 0.3 is 0 Å². The first-order valence-electron chi connectivity index (χ1n) is 7.01. The molecule has 0 aliphatic heterocycles. The average molecular weight is 279 g/mol. The van der Waals surface area contributed by atoms with E-state index in [1.807, 2.05) is 12.1 Å². The molecule has 0 radical (unpaired) electrons. The third-order valence-corrected chi connectivity index (χ3v) is 4.10. The third kappa shape index (κ3) is 3.71. The van der Waals surface area contributed by atoms with Gasteiger partial charge < -0.3 is 10.6 Å². The lowest BCUT2D eigenvalue weighted by Crippen LogP contribution is -2.38. The molecule has 1 aromatic rings. The minimum Gasteiger partial charge on any atom is -0.325 e. The summed E-state index contributed by atoms with van der Waals surface area (Å²) >= 11 is 5.89. The van der Waals surface area contributed by atoms with Gasteiger partial charge in [0, 0.05) is 16.8 Å². The highest BCUT2D eigenvalue weighted by atomic mass is 35.5. The SMILES string of the molecule is O=C(CNC(C1CC1)C1CC1)Nc1cccc(Cl)c1. The minimum atomic E-state index is 0.00793. The second-order valence-electron chi connectivity index (χ2n) is 5.64. The molecule has 0 bridgehead atoms. The first kappa shape index (κ1) is 12.9. The normalized spacial score (nSPS) is 18.6. The van der Waals surface area contributed by atoms with Crippen LogP contribution >= 0.6 is 11.6 Å². The predicted octanol–water partition coefficient (Wildman–Crippen LogP) is 3.06. The van der Waals surface area contributed by atoms with Crippen molar-refractivity contribution in [3.8, 4) is 0 Å². The van der Waals surface area contributed by atoms with Crippen LogP contribution in [0, 0.1) is 11.8 Å². The van der Waals surface area contributed by atoms with Crippen molar-refractivity contribution >= 4 is 23.2 Å². The van der Waals surface area contributed by atoms with E-state index in [0.29, 0.717) is 17.6 Å². The van der Waals surface area contributed by atoms with Crippen molar-refractivity contribution in [2.45, 2.75) is 31.7 Å². The standard InChI is InChI=1S/C15H19ClN2O/c16-12-2-1-3-13(8-12)18-14(19)9-17-15(10-4-5-10)11-6-7-11/h1-3,8,10-11,15,17H,4-7,9H2,(H,18,19).